The minimum atomic E-state index is 0.192. The maximum atomic E-state index is 12.5. The molecular weight excluding hydrogens is 284 g/mol. The minimum Gasteiger partial charge on any atom is -0.338 e. The maximum Gasteiger partial charge on any atom is 0.228 e. The second-order valence-electron chi connectivity index (χ2n) is 5.37. The molecule has 21 heavy (non-hydrogen) atoms. The van der Waals surface area contributed by atoms with Gasteiger partial charge in [-0.3, -0.25) is 9.48 Å². The molecule has 1 saturated heterocycles. The lowest BCUT2D eigenvalue weighted by Gasteiger charge is -2.24. The van der Waals surface area contributed by atoms with Gasteiger partial charge in [-0.05, 0) is 25.3 Å². The van der Waals surface area contributed by atoms with Gasteiger partial charge >= 0.3 is 0 Å². The second kappa shape index (κ2) is 6.39. The Labute approximate surface area is 128 Å². The van der Waals surface area contributed by atoms with E-state index in [9.17, 15) is 4.79 Å². The molecule has 0 N–H and O–H groups in total. The number of amides is 1. The van der Waals surface area contributed by atoms with E-state index in [4.69, 9.17) is 0 Å². The van der Waals surface area contributed by atoms with Gasteiger partial charge in [0.2, 0.25) is 5.91 Å². The Morgan fingerprint density at radius 3 is 3.14 bits per heavy atom. The van der Waals surface area contributed by atoms with Gasteiger partial charge in [0.05, 0.1) is 29.7 Å². The monoisotopic (exact) mass is 304 g/mol. The molecule has 0 unspecified atom stereocenters. The number of thiazole rings is 1. The van der Waals surface area contributed by atoms with Crippen molar-refractivity contribution in [3.8, 4) is 0 Å². The zero-order valence-electron chi connectivity index (χ0n) is 12.2. The number of hydrogen-bond acceptors (Lipinski definition) is 4. The number of carbonyl (C=O) groups excluding carboxylic acids is 1. The van der Waals surface area contributed by atoms with E-state index >= 15 is 0 Å². The van der Waals surface area contributed by atoms with Crippen LogP contribution in [0.2, 0.25) is 0 Å². The van der Waals surface area contributed by atoms with Crippen LogP contribution in [0.1, 0.15) is 30.5 Å². The average Bonchev–Trinajstić information content (AvgIpc) is 3.20. The SMILES string of the molecule is CCc1nc(CC(=O)N2CCC[C@H]2Cn2cccn2)cs1. The highest BCUT2D eigenvalue weighted by Gasteiger charge is 2.29. The fourth-order valence-corrected chi connectivity index (χ4v) is 3.57. The number of rotatable bonds is 5. The highest BCUT2D eigenvalue weighted by molar-refractivity contribution is 7.09. The van der Waals surface area contributed by atoms with Crippen molar-refractivity contribution in [2.75, 3.05) is 6.54 Å². The molecule has 6 heteroatoms. The number of carbonyl (C=O) groups is 1. The van der Waals surface area contributed by atoms with Gasteiger partial charge in [-0.25, -0.2) is 4.98 Å². The molecule has 112 valence electrons. The van der Waals surface area contributed by atoms with Crippen molar-refractivity contribution in [1.82, 2.24) is 19.7 Å². The fourth-order valence-electron chi connectivity index (χ4n) is 2.83. The molecule has 2 aromatic rings. The predicted octanol–water partition coefficient (Wildman–Crippen LogP) is 2.14. The van der Waals surface area contributed by atoms with Crippen molar-refractivity contribution in [3.63, 3.8) is 0 Å². The van der Waals surface area contributed by atoms with Crippen LogP contribution in [-0.4, -0.2) is 38.2 Å². The van der Waals surface area contributed by atoms with Crippen LogP contribution < -0.4 is 0 Å². The molecular formula is C15H20N4OS. The minimum absolute atomic E-state index is 0.192. The van der Waals surface area contributed by atoms with E-state index in [1.807, 2.05) is 27.2 Å². The highest BCUT2D eigenvalue weighted by Crippen LogP contribution is 2.20. The lowest BCUT2D eigenvalue weighted by atomic mass is 10.2. The number of aromatic nitrogens is 3. The van der Waals surface area contributed by atoms with E-state index in [0.717, 1.165) is 43.1 Å². The van der Waals surface area contributed by atoms with Crippen LogP contribution in [0, 0.1) is 0 Å². The van der Waals surface area contributed by atoms with Crippen LogP contribution in [0.15, 0.2) is 23.8 Å². The molecule has 1 atom stereocenters. The third-order valence-electron chi connectivity index (χ3n) is 3.89. The van der Waals surface area contributed by atoms with Gasteiger partial charge in [-0.2, -0.15) is 5.10 Å². The normalized spacial score (nSPS) is 18.3. The standard InChI is InChI=1S/C15H20N4OS/c1-2-14-17-12(11-21-14)9-15(20)19-8-3-5-13(19)10-18-7-4-6-16-18/h4,6-7,11,13H,2-3,5,8-10H2,1H3/t13-/m0/s1. The number of aryl methyl sites for hydroxylation is 1. The summed E-state index contributed by atoms with van der Waals surface area (Å²) in [5.74, 6) is 0.192. The van der Waals surface area contributed by atoms with Crippen LogP contribution in [-0.2, 0) is 24.2 Å². The lowest BCUT2D eigenvalue weighted by Crippen LogP contribution is -2.39. The smallest absolute Gasteiger partial charge is 0.228 e. The van der Waals surface area contributed by atoms with Crippen molar-refractivity contribution < 1.29 is 4.79 Å². The van der Waals surface area contributed by atoms with Crippen molar-refractivity contribution >= 4 is 17.2 Å². The Hall–Kier alpha value is -1.69. The van der Waals surface area contributed by atoms with Gasteiger partial charge in [0.1, 0.15) is 0 Å². The van der Waals surface area contributed by atoms with Gasteiger partial charge in [-0.1, -0.05) is 6.92 Å². The first-order valence-corrected chi connectivity index (χ1v) is 8.34. The first-order chi connectivity index (χ1) is 10.3. The van der Waals surface area contributed by atoms with Crippen molar-refractivity contribution in [2.45, 2.75) is 45.2 Å². The zero-order chi connectivity index (χ0) is 14.7. The molecule has 1 aliphatic heterocycles. The van der Waals surface area contributed by atoms with Crippen LogP contribution in [0.25, 0.3) is 0 Å². The van der Waals surface area contributed by atoms with Gasteiger partial charge < -0.3 is 4.90 Å². The van der Waals surface area contributed by atoms with Crippen molar-refractivity contribution in [1.29, 1.82) is 0 Å². The van der Waals surface area contributed by atoms with Crippen molar-refractivity contribution in [3.05, 3.63) is 34.5 Å². The van der Waals surface area contributed by atoms with Crippen LogP contribution >= 0.6 is 11.3 Å². The molecule has 5 nitrogen and oxygen atoms in total. The third-order valence-corrected chi connectivity index (χ3v) is 4.93. The summed E-state index contributed by atoms with van der Waals surface area (Å²) < 4.78 is 1.91. The first kappa shape index (κ1) is 14.3. The quantitative estimate of drug-likeness (QED) is 0.850. The summed E-state index contributed by atoms with van der Waals surface area (Å²) in [7, 11) is 0. The molecule has 0 radical (unpaired) electrons. The summed E-state index contributed by atoms with van der Waals surface area (Å²) >= 11 is 1.64. The van der Waals surface area contributed by atoms with Crippen LogP contribution in [0.3, 0.4) is 0 Å². The lowest BCUT2D eigenvalue weighted by molar-refractivity contribution is -0.131. The van der Waals surface area contributed by atoms with Gasteiger partial charge in [0.25, 0.3) is 0 Å². The number of hydrogen-bond donors (Lipinski definition) is 0. The van der Waals surface area contributed by atoms with Crippen LogP contribution in [0.5, 0.6) is 0 Å². The predicted molar refractivity (Wildman–Crippen MR) is 82.2 cm³/mol. The van der Waals surface area contributed by atoms with E-state index in [-0.39, 0.29) is 11.9 Å². The van der Waals surface area contributed by atoms with Gasteiger partial charge in [0, 0.05) is 24.3 Å². The third kappa shape index (κ3) is 3.32. The summed E-state index contributed by atoms with van der Waals surface area (Å²) in [6, 6.07) is 2.18. The topological polar surface area (TPSA) is 51.0 Å². The number of nitrogens with zero attached hydrogens (tertiary/aromatic N) is 4. The Balaban J connectivity index is 1.62. The molecule has 1 fully saturated rings. The summed E-state index contributed by atoms with van der Waals surface area (Å²) in [5, 5.41) is 7.35. The molecule has 3 rings (SSSR count). The average molecular weight is 304 g/mol. The Bertz CT molecular complexity index is 593. The molecule has 1 aliphatic rings. The highest BCUT2D eigenvalue weighted by atomic mass is 32.1. The van der Waals surface area contributed by atoms with Crippen molar-refractivity contribution in [2.24, 2.45) is 0 Å². The summed E-state index contributed by atoms with van der Waals surface area (Å²) in [6.07, 6.45) is 7.23. The van der Waals surface area contributed by atoms with E-state index in [2.05, 4.69) is 17.0 Å². The number of likely N-dealkylation sites (tertiary alicyclic amines) is 1. The Morgan fingerprint density at radius 1 is 1.52 bits per heavy atom. The first-order valence-electron chi connectivity index (χ1n) is 7.46. The van der Waals surface area contributed by atoms with E-state index < -0.39 is 0 Å². The zero-order valence-corrected chi connectivity index (χ0v) is 13.1. The molecule has 0 aromatic carbocycles. The molecule has 0 saturated carbocycles. The molecule has 1 amide bonds. The fraction of sp³-hybridized carbons (Fsp3) is 0.533. The Morgan fingerprint density at radius 2 is 2.43 bits per heavy atom. The van der Waals surface area contributed by atoms with E-state index in [1.54, 1.807) is 17.5 Å². The summed E-state index contributed by atoms with van der Waals surface area (Å²) in [5.41, 5.74) is 0.909. The molecule has 0 spiro atoms. The van der Waals surface area contributed by atoms with Gasteiger partial charge in [0.15, 0.2) is 0 Å². The van der Waals surface area contributed by atoms with E-state index in [0.29, 0.717) is 6.42 Å². The Kier molecular flexibility index (Phi) is 4.34. The molecule has 0 aliphatic carbocycles. The summed E-state index contributed by atoms with van der Waals surface area (Å²) in [6.45, 7) is 3.73. The second-order valence-corrected chi connectivity index (χ2v) is 6.32. The molecule has 2 aromatic heterocycles. The molecule has 3 heterocycles. The van der Waals surface area contributed by atoms with E-state index in [1.165, 1.54) is 0 Å². The van der Waals surface area contributed by atoms with Gasteiger partial charge in [-0.15, -0.1) is 11.3 Å². The maximum absolute atomic E-state index is 12.5. The van der Waals surface area contributed by atoms with Crippen LogP contribution in [0.4, 0.5) is 0 Å². The largest absolute Gasteiger partial charge is 0.338 e. The molecule has 0 bridgehead atoms. The summed E-state index contributed by atoms with van der Waals surface area (Å²) in [4.78, 5) is 19.0.